The number of amides is 1. The number of nitrogens with zero attached hydrogens (tertiary/aromatic N) is 2. The molecule has 0 heterocycles. The molecule has 1 amide bonds. The summed E-state index contributed by atoms with van der Waals surface area (Å²) in [6.45, 7) is 0. The molecule has 16 heavy (non-hydrogen) atoms. The molecule has 0 aliphatic carbocycles. The number of hydrogen-bond acceptors (Lipinski definition) is 4. The van der Waals surface area contributed by atoms with Crippen LogP contribution in [0, 0.1) is 33.3 Å². The van der Waals surface area contributed by atoms with Crippen LogP contribution in [0.3, 0.4) is 0 Å². The molecule has 0 spiro atoms. The fourth-order valence-corrected chi connectivity index (χ4v) is 0.989. The lowest BCUT2D eigenvalue weighted by Gasteiger charge is -1.94. The van der Waals surface area contributed by atoms with E-state index >= 15 is 0 Å². The number of primary amides is 1. The lowest BCUT2D eigenvalue weighted by atomic mass is 10.1. The molecule has 0 aliphatic heterocycles. The van der Waals surface area contributed by atoms with E-state index in [9.17, 15) is 14.9 Å². The number of hydrogen-bond donors (Lipinski definition) is 1. The van der Waals surface area contributed by atoms with E-state index in [2.05, 4.69) is 5.92 Å². The topological polar surface area (TPSA) is 110 Å². The second-order valence-electron chi connectivity index (χ2n) is 2.72. The van der Waals surface area contributed by atoms with Gasteiger partial charge in [0.1, 0.15) is 11.6 Å². The Morgan fingerprint density at radius 3 is 2.69 bits per heavy atom. The molecule has 2 N–H and O–H groups in total. The summed E-state index contributed by atoms with van der Waals surface area (Å²) in [5.41, 5.74) is 4.64. The van der Waals surface area contributed by atoms with Crippen LogP contribution in [0.4, 0.5) is 5.69 Å². The normalized spacial score (nSPS) is 8.44. The molecule has 78 valence electrons. The number of carbonyl (C=O) groups excluding carboxylic acids is 1. The maximum atomic E-state index is 10.6. The quantitative estimate of drug-likeness (QED) is 0.412. The van der Waals surface area contributed by atoms with Crippen molar-refractivity contribution in [1.82, 2.24) is 0 Å². The van der Waals surface area contributed by atoms with E-state index in [0.29, 0.717) is 0 Å². The fraction of sp³-hybridized carbons (Fsp3) is 0. The van der Waals surface area contributed by atoms with E-state index in [1.807, 2.05) is 5.92 Å². The summed E-state index contributed by atoms with van der Waals surface area (Å²) in [5.74, 6) is 3.57. The van der Waals surface area contributed by atoms with Gasteiger partial charge in [0, 0.05) is 11.6 Å². The average Bonchev–Trinajstić information content (AvgIpc) is 2.25. The van der Waals surface area contributed by atoms with Crippen LogP contribution >= 0.6 is 0 Å². The summed E-state index contributed by atoms with van der Waals surface area (Å²) in [6.07, 6.45) is 0. The predicted octanol–water partition coefficient (Wildman–Crippen LogP) is 0.303. The van der Waals surface area contributed by atoms with Crippen molar-refractivity contribution < 1.29 is 9.72 Å². The van der Waals surface area contributed by atoms with Crippen LogP contribution in [0.1, 0.15) is 11.1 Å². The first-order chi connectivity index (χ1) is 7.54. The Morgan fingerprint density at radius 2 is 2.19 bits per heavy atom. The highest BCUT2D eigenvalue weighted by atomic mass is 16.6. The molecule has 0 radical (unpaired) electrons. The third-order valence-corrected chi connectivity index (χ3v) is 1.64. The van der Waals surface area contributed by atoms with Crippen LogP contribution in [0.5, 0.6) is 0 Å². The highest BCUT2D eigenvalue weighted by Gasteiger charge is 2.13. The number of nitrogens with two attached hydrogens (primary N) is 1. The number of rotatable bonds is 1. The van der Waals surface area contributed by atoms with Crippen molar-refractivity contribution in [2.24, 2.45) is 5.73 Å². The minimum atomic E-state index is -0.827. The van der Waals surface area contributed by atoms with Crippen LogP contribution in [0.25, 0.3) is 0 Å². The van der Waals surface area contributed by atoms with Gasteiger partial charge in [-0.05, 0) is 18.1 Å². The second kappa shape index (κ2) is 4.58. The van der Waals surface area contributed by atoms with E-state index in [0.717, 1.165) is 6.07 Å². The van der Waals surface area contributed by atoms with Gasteiger partial charge in [0.2, 0.25) is 0 Å². The Hall–Kier alpha value is -2.86. The number of nitro groups is 1. The van der Waals surface area contributed by atoms with Gasteiger partial charge in [-0.15, -0.1) is 0 Å². The Kier molecular flexibility index (Phi) is 3.21. The maximum absolute atomic E-state index is 10.6. The van der Waals surface area contributed by atoms with E-state index < -0.39 is 10.8 Å². The van der Waals surface area contributed by atoms with Crippen LogP contribution < -0.4 is 5.73 Å². The van der Waals surface area contributed by atoms with Crippen molar-refractivity contribution >= 4 is 11.6 Å². The van der Waals surface area contributed by atoms with Crippen LogP contribution in [-0.4, -0.2) is 10.8 Å². The van der Waals surface area contributed by atoms with Crippen molar-refractivity contribution in [2.75, 3.05) is 0 Å². The average molecular weight is 215 g/mol. The Bertz CT molecular complexity index is 561. The number of carbonyl (C=O) groups is 1. The van der Waals surface area contributed by atoms with Crippen molar-refractivity contribution in [2.45, 2.75) is 0 Å². The van der Waals surface area contributed by atoms with Crippen molar-refractivity contribution in [3.63, 3.8) is 0 Å². The van der Waals surface area contributed by atoms with Crippen LogP contribution in [0.15, 0.2) is 18.2 Å². The maximum Gasteiger partial charge on any atom is 0.293 e. The summed E-state index contributed by atoms with van der Waals surface area (Å²) in [5, 5.41) is 19.2. The first kappa shape index (κ1) is 11.2. The standard InChI is InChI=1S/C10H5N3O3/c11-6-8-3-1-7(2-4-10(12)14)5-9(8)13(15)16/h1,3,5H,(H2,12,14). The lowest BCUT2D eigenvalue weighted by molar-refractivity contribution is -0.385. The smallest absolute Gasteiger partial charge is 0.293 e. The van der Waals surface area contributed by atoms with Crippen LogP contribution in [0.2, 0.25) is 0 Å². The molecule has 0 aromatic heterocycles. The van der Waals surface area contributed by atoms with Crippen molar-refractivity contribution in [3.05, 3.63) is 39.4 Å². The highest BCUT2D eigenvalue weighted by molar-refractivity contribution is 5.92. The van der Waals surface area contributed by atoms with E-state index in [1.165, 1.54) is 12.1 Å². The first-order valence-electron chi connectivity index (χ1n) is 4.04. The summed E-state index contributed by atoms with van der Waals surface area (Å²) in [6, 6.07) is 5.48. The van der Waals surface area contributed by atoms with E-state index in [-0.39, 0.29) is 16.8 Å². The van der Waals surface area contributed by atoms with Gasteiger partial charge in [0.15, 0.2) is 0 Å². The Labute approximate surface area is 90.4 Å². The van der Waals surface area contributed by atoms with Gasteiger partial charge < -0.3 is 5.73 Å². The molecule has 1 rings (SSSR count). The minimum Gasteiger partial charge on any atom is -0.359 e. The molecule has 0 saturated heterocycles. The zero-order valence-corrected chi connectivity index (χ0v) is 7.93. The SMILES string of the molecule is N#Cc1ccc(C#CC(N)=O)cc1[N+](=O)[O-]. The fourth-order valence-electron chi connectivity index (χ4n) is 0.989. The molecule has 0 fully saturated rings. The summed E-state index contributed by atoms with van der Waals surface area (Å²) >= 11 is 0. The molecule has 0 atom stereocenters. The number of benzene rings is 1. The molecule has 6 heteroatoms. The van der Waals surface area contributed by atoms with E-state index in [1.54, 1.807) is 6.07 Å². The van der Waals surface area contributed by atoms with Crippen molar-refractivity contribution in [1.29, 1.82) is 5.26 Å². The molecule has 0 unspecified atom stereocenters. The van der Waals surface area contributed by atoms with Gasteiger partial charge in [-0.2, -0.15) is 5.26 Å². The molecule has 1 aromatic carbocycles. The molecule has 0 bridgehead atoms. The molecular weight excluding hydrogens is 210 g/mol. The van der Waals surface area contributed by atoms with Gasteiger partial charge in [0.25, 0.3) is 11.6 Å². The lowest BCUT2D eigenvalue weighted by Crippen LogP contribution is -2.06. The zero-order valence-electron chi connectivity index (χ0n) is 7.93. The van der Waals surface area contributed by atoms with Gasteiger partial charge in [-0.25, -0.2) is 0 Å². The third kappa shape index (κ3) is 2.56. The molecule has 0 saturated carbocycles. The monoisotopic (exact) mass is 215 g/mol. The van der Waals surface area contributed by atoms with Gasteiger partial charge in [-0.1, -0.05) is 5.92 Å². The summed E-state index contributed by atoms with van der Waals surface area (Å²) in [7, 11) is 0. The first-order valence-corrected chi connectivity index (χ1v) is 4.04. The number of nitriles is 1. The Balaban J connectivity index is 3.25. The summed E-state index contributed by atoms with van der Waals surface area (Å²) in [4.78, 5) is 20.3. The van der Waals surface area contributed by atoms with Gasteiger partial charge >= 0.3 is 0 Å². The van der Waals surface area contributed by atoms with Gasteiger partial charge in [-0.3, -0.25) is 14.9 Å². The summed E-state index contributed by atoms with van der Waals surface area (Å²) < 4.78 is 0. The zero-order chi connectivity index (χ0) is 12.1. The minimum absolute atomic E-state index is 0.0605. The predicted molar refractivity (Wildman–Crippen MR) is 53.9 cm³/mol. The second-order valence-corrected chi connectivity index (χ2v) is 2.72. The van der Waals surface area contributed by atoms with Crippen molar-refractivity contribution in [3.8, 4) is 17.9 Å². The molecule has 6 nitrogen and oxygen atoms in total. The Morgan fingerprint density at radius 1 is 1.50 bits per heavy atom. The van der Waals surface area contributed by atoms with Crippen LogP contribution in [-0.2, 0) is 4.79 Å². The largest absolute Gasteiger partial charge is 0.359 e. The van der Waals surface area contributed by atoms with E-state index in [4.69, 9.17) is 11.0 Å². The third-order valence-electron chi connectivity index (χ3n) is 1.64. The highest BCUT2D eigenvalue weighted by Crippen LogP contribution is 2.18. The molecule has 1 aromatic rings. The number of nitro benzene ring substituents is 1. The molecular formula is C10H5N3O3. The molecule has 0 aliphatic rings. The van der Waals surface area contributed by atoms with Gasteiger partial charge in [0.05, 0.1) is 4.92 Å².